The predicted octanol–water partition coefficient (Wildman–Crippen LogP) is -0.911. The van der Waals surface area contributed by atoms with Gasteiger partial charge in [-0.3, -0.25) is 9.59 Å². The van der Waals surface area contributed by atoms with E-state index in [0.29, 0.717) is 23.8 Å². The summed E-state index contributed by atoms with van der Waals surface area (Å²) in [5.41, 5.74) is 5.61. The van der Waals surface area contributed by atoms with Crippen LogP contribution in [-0.4, -0.2) is 44.2 Å². The van der Waals surface area contributed by atoms with Crippen molar-refractivity contribution in [1.29, 1.82) is 0 Å². The second-order valence-electron chi connectivity index (χ2n) is 4.51. The molecule has 1 atom stereocenters. The number of amides is 2. The second kappa shape index (κ2) is 6.14. The number of carbonyl (C=O) groups excluding carboxylic acids is 2. The Bertz CT molecular complexity index is 469. The molecule has 2 heterocycles. The molecule has 0 bridgehead atoms. The maximum atomic E-state index is 12.2. The summed E-state index contributed by atoms with van der Waals surface area (Å²) in [5.74, 6) is -0.621. The van der Waals surface area contributed by atoms with Crippen LogP contribution in [0.5, 0.6) is 0 Å². The minimum absolute atomic E-state index is 0.0955. The number of quaternary nitrogens is 1. The van der Waals surface area contributed by atoms with Crippen molar-refractivity contribution in [1.82, 2.24) is 0 Å². The fourth-order valence-corrected chi connectivity index (χ4v) is 2.87. The summed E-state index contributed by atoms with van der Waals surface area (Å²) in [6, 6.07) is 1.45. The lowest BCUT2D eigenvalue weighted by molar-refractivity contribution is -0.921. The molecule has 1 aromatic heterocycles. The van der Waals surface area contributed by atoms with Crippen LogP contribution in [0, 0.1) is 0 Å². The van der Waals surface area contributed by atoms with Crippen LogP contribution in [-0.2, 0) is 9.53 Å². The molecule has 104 valence electrons. The van der Waals surface area contributed by atoms with Gasteiger partial charge in [0.2, 0.25) is 0 Å². The van der Waals surface area contributed by atoms with Gasteiger partial charge in [0.25, 0.3) is 11.8 Å². The highest BCUT2D eigenvalue weighted by atomic mass is 32.1. The second-order valence-corrected chi connectivity index (χ2v) is 5.43. The zero-order valence-electron chi connectivity index (χ0n) is 10.8. The van der Waals surface area contributed by atoms with E-state index in [0.717, 1.165) is 13.1 Å². The number of morpholine rings is 1. The molecule has 1 aliphatic rings. The lowest BCUT2D eigenvalue weighted by Gasteiger charge is -2.28. The Morgan fingerprint density at radius 2 is 2.16 bits per heavy atom. The molecule has 0 aliphatic carbocycles. The van der Waals surface area contributed by atoms with Gasteiger partial charge in [-0.15, -0.1) is 11.3 Å². The van der Waals surface area contributed by atoms with Crippen LogP contribution in [0.4, 0.5) is 5.00 Å². The maximum Gasteiger partial charge on any atom is 0.282 e. The van der Waals surface area contributed by atoms with Crippen molar-refractivity contribution >= 4 is 28.2 Å². The number of rotatable bonds is 4. The number of hydrogen-bond donors (Lipinski definition) is 3. The number of nitrogens with one attached hydrogen (secondary N) is 2. The van der Waals surface area contributed by atoms with E-state index in [-0.39, 0.29) is 11.9 Å². The average molecular weight is 284 g/mol. The van der Waals surface area contributed by atoms with Gasteiger partial charge < -0.3 is 20.7 Å². The highest BCUT2D eigenvalue weighted by Gasteiger charge is 2.27. The summed E-state index contributed by atoms with van der Waals surface area (Å²) in [7, 11) is 0. The van der Waals surface area contributed by atoms with Crippen molar-refractivity contribution in [3.05, 3.63) is 17.0 Å². The molecule has 0 spiro atoms. The highest BCUT2D eigenvalue weighted by molar-refractivity contribution is 7.14. The van der Waals surface area contributed by atoms with Crippen LogP contribution >= 0.6 is 11.3 Å². The standard InChI is InChI=1S/C12H17N3O3S/c1-8(15-3-5-18-6-4-15)11(17)14-12-9(10(13)16)2-7-19-12/h2,7-8H,3-6H2,1H3,(H2,13,16)(H,14,17)/p+1/t8-/m1/s1. The largest absolute Gasteiger partial charge is 0.370 e. The fourth-order valence-electron chi connectivity index (χ4n) is 2.07. The normalized spacial score (nSPS) is 17.9. The number of nitrogens with two attached hydrogens (primary N) is 1. The summed E-state index contributed by atoms with van der Waals surface area (Å²) >= 11 is 1.30. The van der Waals surface area contributed by atoms with Gasteiger partial charge in [-0.25, -0.2) is 0 Å². The average Bonchev–Trinajstić information content (AvgIpc) is 2.87. The van der Waals surface area contributed by atoms with E-state index in [1.54, 1.807) is 11.4 Å². The van der Waals surface area contributed by atoms with E-state index < -0.39 is 5.91 Å². The molecule has 1 aliphatic heterocycles. The monoisotopic (exact) mass is 284 g/mol. The van der Waals surface area contributed by atoms with Crippen LogP contribution < -0.4 is 16.0 Å². The number of ether oxygens (including phenoxy) is 1. The number of carbonyl (C=O) groups is 2. The topological polar surface area (TPSA) is 85.9 Å². The van der Waals surface area contributed by atoms with Crippen LogP contribution in [0.15, 0.2) is 11.4 Å². The van der Waals surface area contributed by atoms with Gasteiger partial charge in [0.15, 0.2) is 6.04 Å². The molecule has 1 aromatic rings. The van der Waals surface area contributed by atoms with Gasteiger partial charge in [-0.2, -0.15) is 0 Å². The van der Waals surface area contributed by atoms with Gasteiger partial charge in [0.05, 0.1) is 18.8 Å². The molecular formula is C12H18N3O3S+. The Hall–Kier alpha value is -1.44. The smallest absolute Gasteiger partial charge is 0.282 e. The lowest BCUT2D eigenvalue weighted by atomic mass is 10.2. The number of primary amides is 1. The third kappa shape index (κ3) is 3.31. The van der Waals surface area contributed by atoms with Crippen LogP contribution in [0.2, 0.25) is 0 Å². The Labute approximate surface area is 115 Å². The van der Waals surface area contributed by atoms with Gasteiger partial charge in [-0.1, -0.05) is 0 Å². The zero-order valence-corrected chi connectivity index (χ0v) is 11.6. The van der Waals surface area contributed by atoms with E-state index in [1.165, 1.54) is 16.2 Å². The van der Waals surface area contributed by atoms with Crippen molar-refractivity contribution in [2.24, 2.45) is 5.73 Å². The molecule has 6 nitrogen and oxygen atoms in total. The van der Waals surface area contributed by atoms with Crippen LogP contribution in [0.1, 0.15) is 17.3 Å². The molecule has 0 unspecified atom stereocenters. The van der Waals surface area contributed by atoms with E-state index in [2.05, 4.69) is 5.32 Å². The predicted molar refractivity (Wildman–Crippen MR) is 72.4 cm³/mol. The molecule has 7 heteroatoms. The minimum atomic E-state index is -0.525. The molecule has 2 rings (SSSR count). The summed E-state index contributed by atoms with van der Waals surface area (Å²) in [5, 5.41) is 5.05. The van der Waals surface area contributed by atoms with Crippen molar-refractivity contribution in [2.45, 2.75) is 13.0 Å². The summed E-state index contributed by atoms with van der Waals surface area (Å²) in [4.78, 5) is 24.6. The van der Waals surface area contributed by atoms with Crippen molar-refractivity contribution < 1.29 is 19.2 Å². The molecule has 0 radical (unpaired) electrons. The van der Waals surface area contributed by atoms with E-state index >= 15 is 0 Å². The Balaban J connectivity index is 1.99. The van der Waals surface area contributed by atoms with Crippen molar-refractivity contribution in [3.63, 3.8) is 0 Å². The first kappa shape index (κ1) is 14.0. The Morgan fingerprint density at radius 3 is 2.79 bits per heavy atom. The SMILES string of the molecule is C[C@H](C(=O)Nc1sccc1C(N)=O)[NH+]1CCOCC1. The third-order valence-corrected chi connectivity index (χ3v) is 4.14. The van der Waals surface area contributed by atoms with Crippen LogP contribution in [0.25, 0.3) is 0 Å². The van der Waals surface area contributed by atoms with Crippen molar-refractivity contribution in [2.75, 3.05) is 31.6 Å². The lowest BCUT2D eigenvalue weighted by Crippen LogP contribution is -3.18. The molecule has 1 fully saturated rings. The minimum Gasteiger partial charge on any atom is -0.370 e. The molecule has 19 heavy (non-hydrogen) atoms. The van der Waals surface area contributed by atoms with Gasteiger partial charge >= 0.3 is 0 Å². The fraction of sp³-hybridized carbons (Fsp3) is 0.500. The van der Waals surface area contributed by atoms with Gasteiger partial charge in [0, 0.05) is 0 Å². The number of hydrogen-bond acceptors (Lipinski definition) is 4. The van der Waals surface area contributed by atoms with Crippen molar-refractivity contribution in [3.8, 4) is 0 Å². The summed E-state index contributed by atoms with van der Waals surface area (Å²) in [6.45, 7) is 4.88. The summed E-state index contributed by atoms with van der Waals surface area (Å²) in [6.07, 6.45) is 0. The molecule has 4 N–H and O–H groups in total. The summed E-state index contributed by atoms with van der Waals surface area (Å²) < 4.78 is 5.27. The maximum absolute atomic E-state index is 12.2. The third-order valence-electron chi connectivity index (χ3n) is 3.31. The Morgan fingerprint density at radius 1 is 1.47 bits per heavy atom. The molecule has 0 saturated carbocycles. The van der Waals surface area contributed by atoms with E-state index in [4.69, 9.17) is 10.5 Å². The first-order chi connectivity index (χ1) is 9.09. The molecule has 1 saturated heterocycles. The van der Waals surface area contributed by atoms with E-state index in [1.807, 2.05) is 6.92 Å². The number of anilines is 1. The first-order valence-corrected chi connectivity index (χ1v) is 7.08. The van der Waals surface area contributed by atoms with Crippen LogP contribution in [0.3, 0.4) is 0 Å². The number of thiophene rings is 1. The van der Waals surface area contributed by atoms with E-state index in [9.17, 15) is 9.59 Å². The first-order valence-electron chi connectivity index (χ1n) is 6.20. The van der Waals surface area contributed by atoms with Gasteiger partial charge in [-0.05, 0) is 18.4 Å². The molecule has 0 aromatic carbocycles. The van der Waals surface area contributed by atoms with Gasteiger partial charge in [0.1, 0.15) is 18.1 Å². The quantitative estimate of drug-likeness (QED) is 0.669. The highest BCUT2D eigenvalue weighted by Crippen LogP contribution is 2.22. The Kier molecular flexibility index (Phi) is 4.52. The zero-order chi connectivity index (χ0) is 13.8. The molecule has 2 amide bonds. The molecular weight excluding hydrogens is 266 g/mol.